The summed E-state index contributed by atoms with van der Waals surface area (Å²) in [5.74, 6) is -1.31. The lowest BCUT2D eigenvalue weighted by molar-refractivity contribution is -0.152. The Morgan fingerprint density at radius 2 is 1.71 bits per heavy atom. The Labute approximate surface area is 145 Å². The van der Waals surface area contributed by atoms with E-state index in [1.165, 1.54) is 11.1 Å². The monoisotopic (exact) mass is 361 g/mol. The first-order valence-electron chi connectivity index (χ1n) is 8.36. The second-order valence-corrected chi connectivity index (χ2v) is 6.76. The predicted octanol–water partition coefficient (Wildman–Crippen LogP) is 2.42. The number of hydrogen-bond donors (Lipinski definition) is 3. The van der Waals surface area contributed by atoms with E-state index in [0.717, 1.165) is 19.3 Å². The molecule has 0 saturated heterocycles. The van der Waals surface area contributed by atoms with Crippen molar-refractivity contribution in [3.8, 4) is 0 Å². The van der Waals surface area contributed by atoms with Crippen LogP contribution >= 0.6 is 0 Å². The van der Waals surface area contributed by atoms with Crippen molar-refractivity contribution in [1.29, 1.82) is 0 Å². The minimum atomic E-state index is -3.79. The molecule has 0 amide bonds. The zero-order valence-corrected chi connectivity index (χ0v) is 15.7. The average Bonchev–Trinajstić information content (AvgIpc) is 2.91. The third kappa shape index (κ3) is 11.5. The molecule has 0 spiro atoms. The molecule has 0 atom stereocenters. The largest absolute Gasteiger partial charge is 0.366 e. The van der Waals surface area contributed by atoms with Crippen molar-refractivity contribution in [1.82, 2.24) is 0 Å². The average molecular weight is 362 g/mol. The van der Waals surface area contributed by atoms with E-state index in [9.17, 15) is 8.42 Å². The molecule has 1 aromatic rings. The van der Waals surface area contributed by atoms with Crippen molar-refractivity contribution in [2.45, 2.75) is 65.1 Å². The molecule has 0 heterocycles. The maximum Gasteiger partial charge on any atom is 0.333 e. The van der Waals surface area contributed by atoms with Crippen LogP contribution in [0.25, 0.3) is 0 Å². The lowest BCUT2D eigenvalue weighted by atomic mass is 10.0. The van der Waals surface area contributed by atoms with Gasteiger partial charge >= 0.3 is 10.3 Å². The van der Waals surface area contributed by atoms with Gasteiger partial charge in [-0.15, -0.1) is 0 Å². The second kappa shape index (κ2) is 11.5. The van der Waals surface area contributed by atoms with Crippen LogP contribution in [0.1, 0.15) is 57.1 Å². The topological polar surface area (TPSA) is 110 Å². The summed E-state index contributed by atoms with van der Waals surface area (Å²) in [5, 5.41) is 22.2. The highest BCUT2D eigenvalue weighted by Crippen LogP contribution is 2.25. The van der Waals surface area contributed by atoms with Gasteiger partial charge in [0.25, 0.3) is 0 Å². The SMILES string of the molecule is CC.Cc1ccccc1CCCOS(N)(=O)=O.OC1(O)CCCC1. The summed E-state index contributed by atoms with van der Waals surface area (Å²) in [6.45, 7) is 6.16. The van der Waals surface area contributed by atoms with Crippen LogP contribution in [0.15, 0.2) is 24.3 Å². The van der Waals surface area contributed by atoms with Crippen molar-refractivity contribution < 1.29 is 22.8 Å². The molecule has 1 fully saturated rings. The first-order valence-corrected chi connectivity index (χ1v) is 9.83. The summed E-state index contributed by atoms with van der Waals surface area (Å²) in [7, 11) is -3.79. The van der Waals surface area contributed by atoms with Crippen molar-refractivity contribution >= 4 is 10.3 Å². The fraction of sp³-hybridized carbons (Fsp3) is 0.647. The summed E-state index contributed by atoms with van der Waals surface area (Å²) >= 11 is 0. The van der Waals surface area contributed by atoms with Gasteiger partial charge in [0.1, 0.15) is 0 Å². The number of rotatable bonds is 5. The van der Waals surface area contributed by atoms with Crippen LogP contribution in [-0.4, -0.2) is 31.0 Å². The van der Waals surface area contributed by atoms with Crippen LogP contribution in [0.4, 0.5) is 0 Å². The van der Waals surface area contributed by atoms with E-state index >= 15 is 0 Å². The molecule has 24 heavy (non-hydrogen) atoms. The Morgan fingerprint density at radius 1 is 1.17 bits per heavy atom. The summed E-state index contributed by atoms with van der Waals surface area (Å²) in [5.41, 5.74) is 2.41. The van der Waals surface area contributed by atoms with Gasteiger partial charge in [0.2, 0.25) is 0 Å². The third-order valence-electron chi connectivity index (χ3n) is 3.50. The molecular weight excluding hydrogens is 330 g/mol. The molecule has 1 aliphatic carbocycles. The third-order valence-corrected chi connectivity index (χ3v) is 4.00. The number of aryl methyl sites for hydroxylation is 2. The molecule has 0 aliphatic heterocycles. The van der Waals surface area contributed by atoms with E-state index in [4.69, 9.17) is 15.4 Å². The molecule has 1 saturated carbocycles. The van der Waals surface area contributed by atoms with Crippen molar-refractivity contribution in [3.63, 3.8) is 0 Å². The van der Waals surface area contributed by atoms with Gasteiger partial charge in [-0.05, 0) is 43.7 Å². The van der Waals surface area contributed by atoms with Gasteiger partial charge in [-0.3, -0.25) is 4.18 Å². The van der Waals surface area contributed by atoms with E-state index in [1.807, 2.05) is 45.0 Å². The van der Waals surface area contributed by atoms with Crippen molar-refractivity contribution in [2.24, 2.45) is 5.14 Å². The Bertz CT molecular complexity index is 550. The van der Waals surface area contributed by atoms with Crippen molar-refractivity contribution in [3.05, 3.63) is 35.4 Å². The molecule has 1 aromatic carbocycles. The van der Waals surface area contributed by atoms with Crippen LogP contribution in [-0.2, 0) is 20.9 Å². The molecule has 0 bridgehead atoms. The molecule has 1 aliphatic rings. The summed E-state index contributed by atoms with van der Waals surface area (Å²) in [6.07, 6.45) is 4.49. The Hall–Kier alpha value is -0.990. The van der Waals surface area contributed by atoms with E-state index in [1.54, 1.807) is 0 Å². The van der Waals surface area contributed by atoms with Crippen LogP contribution in [0.2, 0.25) is 0 Å². The normalized spacial score (nSPS) is 15.8. The second-order valence-electron chi connectivity index (χ2n) is 5.53. The highest BCUT2D eigenvalue weighted by atomic mass is 32.2. The highest BCUT2D eigenvalue weighted by molar-refractivity contribution is 7.84. The van der Waals surface area contributed by atoms with Gasteiger partial charge in [-0.25, -0.2) is 5.14 Å². The minimum Gasteiger partial charge on any atom is -0.366 e. The van der Waals surface area contributed by atoms with E-state index < -0.39 is 16.1 Å². The van der Waals surface area contributed by atoms with Crippen LogP contribution < -0.4 is 5.14 Å². The van der Waals surface area contributed by atoms with Gasteiger partial charge in [0.05, 0.1) is 6.61 Å². The summed E-state index contributed by atoms with van der Waals surface area (Å²) in [4.78, 5) is 0. The van der Waals surface area contributed by atoms with E-state index in [2.05, 4.69) is 4.18 Å². The zero-order valence-electron chi connectivity index (χ0n) is 14.9. The molecular formula is C17H31NO5S. The maximum atomic E-state index is 10.5. The van der Waals surface area contributed by atoms with Crippen LogP contribution in [0, 0.1) is 6.92 Å². The van der Waals surface area contributed by atoms with Gasteiger partial charge in [-0.2, -0.15) is 8.42 Å². The lowest BCUT2D eigenvalue weighted by Gasteiger charge is -2.11. The maximum absolute atomic E-state index is 10.5. The first kappa shape index (κ1) is 23.0. The molecule has 0 unspecified atom stereocenters. The molecule has 0 radical (unpaired) electrons. The van der Waals surface area contributed by atoms with Crippen LogP contribution in [0.5, 0.6) is 0 Å². The Balaban J connectivity index is 0.000000488. The predicted molar refractivity (Wildman–Crippen MR) is 95.5 cm³/mol. The fourth-order valence-electron chi connectivity index (χ4n) is 2.27. The lowest BCUT2D eigenvalue weighted by Crippen LogP contribution is -2.21. The van der Waals surface area contributed by atoms with Gasteiger partial charge in [0, 0.05) is 12.8 Å². The van der Waals surface area contributed by atoms with Gasteiger partial charge < -0.3 is 10.2 Å². The fourth-order valence-corrected chi connectivity index (χ4v) is 2.62. The Morgan fingerprint density at radius 3 is 2.12 bits per heavy atom. The molecule has 140 valence electrons. The quantitative estimate of drug-likeness (QED) is 0.551. The first-order chi connectivity index (χ1) is 11.2. The van der Waals surface area contributed by atoms with Crippen LogP contribution in [0.3, 0.4) is 0 Å². The van der Waals surface area contributed by atoms with E-state index in [-0.39, 0.29) is 6.61 Å². The van der Waals surface area contributed by atoms with Gasteiger partial charge in [0.15, 0.2) is 5.79 Å². The standard InChI is InChI=1S/C10H15NO3S.C5H10O2.C2H6/c1-9-5-2-3-6-10(9)7-4-8-14-15(11,12)13;6-5(7)3-1-2-4-5;1-2/h2-3,5-6H,4,7-8H2,1H3,(H2,11,12,13);6-7H,1-4H2;1-2H3. The number of benzene rings is 1. The Kier molecular flexibility index (Phi) is 11.1. The smallest absolute Gasteiger partial charge is 0.333 e. The highest BCUT2D eigenvalue weighted by Gasteiger charge is 2.26. The number of aliphatic hydroxyl groups is 2. The molecule has 2 rings (SSSR count). The summed E-state index contributed by atoms with van der Waals surface area (Å²) < 4.78 is 25.4. The number of hydrogen-bond acceptors (Lipinski definition) is 5. The molecule has 0 aromatic heterocycles. The van der Waals surface area contributed by atoms with E-state index in [0.29, 0.717) is 19.3 Å². The number of nitrogens with two attached hydrogens (primary N) is 1. The zero-order chi connectivity index (χ0) is 18.6. The summed E-state index contributed by atoms with van der Waals surface area (Å²) in [6, 6.07) is 7.98. The molecule has 7 heteroatoms. The van der Waals surface area contributed by atoms with Gasteiger partial charge in [-0.1, -0.05) is 38.1 Å². The molecule has 6 nitrogen and oxygen atoms in total. The minimum absolute atomic E-state index is 0.132. The molecule has 4 N–H and O–H groups in total. The van der Waals surface area contributed by atoms with Crippen molar-refractivity contribution in [2.75, 3.05) is 6.61 Å².